The van der Waals surface area contributed by atoms with Crippen molar-refractivity contribution in [3.8, 4) is 17.1 Å². The fourth-order valence-corrected chi connectivity index (χ4v) is 9.49. The van der Waals surface area contributed by atoms with Gasteiger partial charge in [-0.25, -0.2) is 13.4 Å². The molecule has 0 amide bonds. The Kier molecular flexibility index (Phi) is 16.4. The number of rotatable bonds is 19. The summed E-state index contributed by atoms with van der Waals surface area (Å²) < 4.78 is 182. The third kappa shape index (κ3) is 12.4. The second-order valence-corrected chi connectivity index (χ2v) is 21.2. The predicted molar refractivity (Wildman–Crippen MR) is 237 cm³/mol. The van der Waals surface area contributed by atoms with Crippen LogP contribution in [0.25, 0.3) is 17.4 Å². The van der Waals surface area contributed by atoms with E-state index in [9.17, 15) is 56.7 Å². The molecule has 3 aliphatic rings. The Morgan fingerprint density at radius 1 is 0.851 bits per heavy atom. The number of ether oxygens (including phenoxy) is 3. The van der Waals surface area contributed by atoms with Crippen LogP contribution in [0, 0.1) is 23.3 Å². The van der Waals surface area contributed by atoms with Gasteiger partial charge in [-0.05, 0) is 85.2 Å². The van der Waals surface area contributed by atoms with Gasteiger partial charge in [0, 0.05) is 55.6 Å². The Morgan fingerprint density at radius 3 is 2.03 bits per heavy atom. The van der Waals surface area contributed by atoms with Gasteiger partial charge in [-0.2, -0.15) is 34.0 Å². The molecule has 1 atom stereocenters. The number of nitrogens with zero attached hydrogens (tertiary/aromatic N) is 2. The number of halogens is 4. The predicted octanol–water partition coefficient (Wildman–Crippen LogP) is 6.53. The van der Waals surface area contributed by atoms with Crippen molar-refractivity contribution in [3.05, 3.63) is 106 Å². The van der Waals surface area contributed by atoms with Crippen LogP contribution in [0.3, 0.4) is 0 Å². The van der Waals surface area contributed by atoms with Gasteiger partial charge in [0.05, 0.1) is 16.7 Å². The smallest absolute Gasteiger partial charge is 0.311 e. The topological polar surface area (TPSA) is 227 Å². The highest BCUT2D eigenvalue weighted by atomic mass is 32.2. The fourth-order valence-electron chi connectivity index (χ4n) is 7.86. The lowest BCUT2D eigenvalue weighted by atomic mass is 9.77. The zero-order valence-corrected chi connectivity index (χ0v) is 39.8. The molecule has 2 aromatic carbocycles. The quantitative estimate of drug-likeness (QED) is 0.0227. The normalized spacial score (nSPS) is 16.4. The maximum atomic E-state index is 14.7. The summed E-state index contributed by atoms with van der Waals surface area (Å²) in [6.45, 7) is 9.76. The zero-order valence-electron chi connectivity index (χ0n) is 37.3. The average Bonchev–Trinajstić information content (AvgIpc) is 3.45. The Morgan fingerprint density at radius 2 is 1.48 bits per heavy atom. The lowest BCUT2D eigenvalue weighted by Gasteiger charge is -2.30. The molecule has 2 aromatic rings. The third-order valence-corrected chi connectivity index (χ3v) is 13.6. The molecule has 0 saturated carbocycles. The first-order chi connectivity index (χ1) is 31.1. The lowest BCUT2D eigenvalue weighted by molar-refractivity contribution is -0.135. The molecule has 5 rings (SSSR count). The molecule has 23 heteroatoms. The van der Waals surface area contributed by atoms with Crippen molar-refractivity contribution in [1.29, 1.82) is 0 Å². The summed E-state index contributed by atoms with van der Waals surface area (Å²) in [5.74, 6) is -12.9. The minimum atomic E-state index is -5.79. The van der Waals surface area contributed by atoms with Crippen LogP contribution in [0.15, 0.2) is 74.5 Å². The van der Waals surface area contributed by atoms with Crippen molar-refractivity contribution in [2.24, 2.45) is 0 Å². The first kappa shape index (κ1) is 53.0. The molecule has 0 aromatic heterocycles. The van der Waals surface area contributed by atoms with Gasteiger partial charge in [0.1, 0.15) is 24.7 Å². The molecule has 2 aliphatic heterocycles. The number of esters is 1. The number of benzene rings is 3. The number of methoxy groups -OCH3 is 2. The van der Waals surface area contributed by atoms with Crippen molar-refractivity contribution in [1.82, 2.24) is 4.58 Å². The summed E-state index contributed by atoms with van der Waals surface area (Å²) in [6, 6.07) is 11.4. The van der Waals surface area contributed by atoms with Gasteiger partial charge in [-0.15, -0.1) is 0 Å². The molecular weight excluding hydrogens is 953 g/mol. The van der Waals surface area contributed by atoms with E-state index in [-0.39, 0.29) is 36.8 Å². The van der Waals surface area contributed by atoms with E-state index in [1.54, 1.807) is 44.3 Å². The highest BCUT2D eigenvalue weighted by molar-refractivity contribution is 7.86. The summed E-state index contributed by atoms with van der Waals surface area (Å²) in [5, 5.41) is 0.853. The summed E-state index contributed by atoms with van der Waals surface area (Å²) in [7, 11) is -11.8. The van der Waals surface area contributed by atoms with Crippen LogP contribution in [0.2, 0.25) is 0 Å². The van der Waals surface area contributed by atoms with Crippen LogP contribution in [-0.2, 0) is 55.5 Å². The molecule has 67 heavy (non-hydrogen) atoms. The van der Waals surface area contributed by atoms with Crippen molar-refractivity contribution in [2.45, 2.75) is 74.0 Å². The van der Waals surface area contributed by atoms with E-state index >= 15 is 0 Å². The fraction of sp³-hybridized carbons (Fsp3) is 0.409. The van der Waals surface area contributed by atoms with Crippen LogP contribution < -0.4 is 19.6 Å². The van der Waals surface area contributed by atoms with Gasteiger partial charge in [0.2, 0.25) is 22.7 Å². The Balaban J connectivity index is 1.60. The van der Waals surface area contributed by atoms with E-state index < -0.39 is 92.7 Å². The minimum Gasteiger partial charge on any atom is -0.456 e. The second-order valence-electron chi connectivity index (χ2n) is 16.9. The summed E-state index contributed by atoms with van der Waals surface area (Å²) in [5.41, 5.74) is 1.14. The number of hydrogen-bond donors (Lipinski definition) is 3. The highest BCUT2D eigenvalue weighted by Crippen LogP contribution is 2.51. The Bertz CT molecular complexity index is 2950. The molecule has 366 valence electrons. The van der Waals surface area contributed by atoms with Crippen molar-refractivity contribution < 1.29 is 79.9 Å². The molecular formula is C44H51F4N2O14S3+. The van der Waals surface area contributed by atoms with Crippen molar-refractivity contribution in [3.63, 3.8) is 0 Å². The van der Waals surface area contributed by atoms with Gasteiger partial charge in [0.25, 0.3) is 20.2 Å². The molecule has 3 N–H and O–H groups in total. The van der Waals surface area contributed by atoms with Crippen LogP contribution >= 0.6 is 0 Å². The monoisotopic (exact) mass is 1000 g/mol. The van der Waals surface area contributed by atoms with Gasteiger partial charge in [-0.1, -0.05) is 26.8 Å². The number of carbonyl (C=O) groups is 1. The lowest BCUT2D eigenvalue weighted by Crippen LogP contribution is -2.35. The van der Waals surface area contributed by atoms with Gasteiger partial charge >= 0.3 is 16.1 Å². The van der Waals surface area contributed by atoms with Crippen molar-refractivity contribution >= 4 is 48.1 Å². The number of anilines is 1. The van der Waals surface area contributed by atoms with Crippen LogP contribution in [0.4, 0.5) is 23.2 Å². The first-order valence-corrected chi connectivity index (χ1v) is 25.0. The molecule has 0 spiro atoms. The van der Waals surface area contributed by atoms with Gasteiger partial charge in [-0.3, -0.25) is 18.5 Å². The molecule has 2 heterocycles. The van der Waals surface area contributed by atoms with Crippen LogP contribution in [0.5, 0.6) is 5.75 Å². The number of carbonyl (C=O) groups excluding carboxylic acids is 1. The minimum absolute atomic E-state index is 0.0650. The Labute approximate surface area is 385 Å². The van der Waals surface area contributed by atoms with E-state index in [0.717, 1.165) is 22.6 Å². The van der Waals surface area contributed by atoms with Crippen LogP contribution in [0.1, 0.15) is 70.3 Å². The summed E-state index contributed by atoms with van der Waals surface area (Å²) in [6.07, 6.45) is 3.76. The maximum absolute atomic E-state index is 14.7. The standard InChI is InChI=1S/C44H50F4N2O14S3/c1-43(2,3)31-25-28(63-34-24-27(13-15-30(31)34)49(19-21-61-5)20-22-62-6)10-7-11-35-44(4,32-26-29(66(55,56)57)14-16-33(32)50(35)18-9-23-65(52,53)54)17-8-12-36(51)64-41-37(45)39(47)42(67(58,59)60)40(48)38(41)46/h7,10-11,13-16,24-26H,8-9,12,17-23H2,1-6H3,(H2-,52,53,54,55,56,57,58,59,60)/p+1. The van der Waals surface area contributed by atoms with E-state index in [0.29, 0.717) is 49.2 Å². The van der Waals surface area contributed by atoms with E-state index in [4.69, 9.17) is 18.4 Å². The maximum Gasteiger partial charge on any atom is 0.311 e. The van der Waals surface area contributed by atoms with Gasteiger partial charge in [0.15, 0.2) is 29.6 Å². The largest absolute Gasteiger partial charge is 0.456 e. The Hall–Kier alpha value is -5.01. The molecule has 16 nitrogen and oxygen atoms in total. The van der Waals surface area contributed by atoms with E-state index in [1.807, 2.05) is 45.0 Å². The number of hydrogen-bond acceptors (Lipinski definition) is 12. The molecule has 0 fully saturated rings. The molecule has 1 aliphatic carbocycles. The molecule has 1 unspecified atom stereocenters. The first-order valence-electron chi connectivity index (χ1n) is 20.5. The molecule has 0 saturated heterocycles. The van der Waals surface area contributed by atoms with E-state index in [2.05, 4.69) is 9.31 Å². The molecule has 0 radical (unpaired) electrons. The average molecular weight is 1000 g/mol. The van der Waals surface area contributed by atoms with E-state index in [1.165, 1.54) is 12.1 Å². The summed E-state index contributed by atoms with van der Waals surface area (Å²) in [4.78, 5) is 11.8. The van der Waals surface area contributed by atoms with Crippen molar-refractivity contribution in [2.75, 3.05) is 57.7 Å². The second kappa shape index (κ2) is 20.7. The van der Waals surface area contributed by atoms with Gasteiger partial charge < -0.3 is 23.5 Å². The highest BCUT2D eigenvalue weighted by Gasteiger charge is 2.44. The van der Waals surface area contributed by atoms with Crippen LogP contribution in [-0.4, -0.2) is 97.7 Å². The number of allylic oxidation sites excluding steroid dienone is 3. The third-order valence-electron chi connectivity index (χ3n) is 11.1. The number of fused-ring (bicyclic) bond motifs is 2. The molecule has 0 bridgehead atoms. The zero-order chi connectivity index (χ0) is 49.9. The summed E-state index contributed by atoms with van der Waals surface area (Å²) >= 11 is 0. The SMILES string of the molecule is COCC[N+](CCOC)=c1ccc2c(C(C)(C)C)cc(/C=C/C=C3/N(CCCS(=O)(=O)O)c4ccc(S(=O)(=O)O)cc4C3(C)CCCC(=O)Oc3c(F)c(F)c(S(=O)(=O)O)c(F)c3F)oc-2c1.